The molecule has 0 fully saturated rings. The summed E-state index contributed by atoms with van der Waals surface area (Å²) >= 11 is 0. The first kappa shape index (κ1) is 14.6. The highest BCUT2D eigenvalue weighted by Crippen LogP contribution is 2.12. The molecule has 21 heavy (non-hydrogen) atoms. The van der Waals surface area contributed by atoms with Crippen molar-refractivity contribution in [2.45, 2.75) is 25.8 Å². The van der Waals surface area contributed by atoms with Gasteiger partial charge in [0.15, 0.2) is 0 Å². The van der Waals surface area contributed by atoms with E-state index in [1.807, 2.05) is 43.5 Å². The molecule has 2 rings (SSSR count). The lowest BCUT2D eigenvalue weighted by Gasteiger charge is -2.14. The van der Waals surface area contributed by atoms with Crippen molar-refractivity contribution in [1.29, 1.82) is 5.26 Å². The first-order valence-corrected chi connectivity index (χ1v) is 6.77. The van der Waals surface area contributed by atoms with E-state index in [-0.39, 0.29) is 12.1 Å². The smallest absolute Gasteiger partial charge is 0.319 e. The first-order valence-electron chi connectivity index (χ1n) is 6.77. The number of hydrogen-bond donors (Lipinski definition) is 2. The molecular formula is C15H17N5O. The van der Waals surface area contributed by atoms with Crippen molar-refractivity contribution in [3.05, 3.63) is 42.7 Å². The molecule has 2 amide bonds. The van der Waals surface area contributed by atoms with E-state index in [1.165, 1.54) is 0 Å². The van der Waals surface area contributed by atoms with Gasteiger partial charge in [-0.05, 0) is 36.8 Å². The zero-order chi connectivity index (χ0) is 15.1. The van der Waals surface area contributed by atoms with Crippen molar-refractivity contribution < 1.29 is 4.79 Å². The lowest BCUT2D eigenvalue weighted by Crippen LogP contribution is -2.37. The molecule has 0 bridgehead atoms. The average Bonchev–Trinajstić information content (AvgIpc) is 3.01. The van der Waals surface area contributed by atoms with Gasteiger partial charge < -0.3 is 10.6 Å². The summed E-state index contributed by atoms with van der Waals surface area (Å²) in [6, 6.07) is 10.8. The number of urea groups is 1. The van der Waals surface area contributed by atoms with Gasteiger partial charge in [-0.25, -0.2) is 9.48 Å². The second-order valence-electron chi connectivity index (χ2n) is 4.56. The highest BCUT2D eigenvalue weighted by atomic mass is 16.2. The molecule has 0 aliphatic heterocycles. The van der Waals surface area contributed by atoms with Gasteiger partial charge >= 0.3 is 6.03 Å². The average molecular weight is 283 g/mol. The number of carbonyl (C=O) groups excluding carboxylic acids is 1. The maximum absolute atomic E-state index is 11.8. The van der Waals surface area contributed by atoms with E-state index < -0.39 is 0 Å². The predicted molar refractivity (Wildman–Crippen MR) is 80.0 cm³/mol. The number of nitrogens with zero attached hydrogens (tertiary/aromatic N) is 3. The minimum absolute atomic E-state index is 0.127. The number of hydrogen-bond acceptors (Lipinski definition) is 3. The Morgan fingerprint density at radius 1 is 1.43 bits per heavy atom. The molecule has 0 aliphatic carbocycles. The molecule has 0 aliphatic rings. The molecule has 2 aromatic rings. The van der Waals surface area contributed by atoms with Crippen molar-refractivity contribution in [2.75, 3.05) is 5.32 Å². The molecular weight excluding hydrogens is 266 g/mol. The lowest BCUT2D eigenvalue weighted by molar-refractivity contribution is 0.248. The summed E-state index contributed by atoms with van der Waals surface area (Å²) in [5.41, 5.74) is 1.61. The third-order valence-electron chi connectivity index (χ3n) is 3.06. The van der Waals surface area contributed by atoms with E-state index in [2.05, 4.69) is 21.8 Å². The second-order valence-corrected chi connectivity index (χ2v) is 4.56. The van der Waals surface area contributed by atoms with Crippen molar-refractivity contribution >= 4 is 11.7 Å². The fraction of sp³-hybridized carbons (Fsp3) is 0.267. The number of amides is 2. The zero-order valence-electron chi connectivity index (χ0n) is 11.8. The van der Waals surface area contributed by atoms with Crippen LogP contribution in [0.2, 0.25) is 0 Å². The SMILES string of the molecule is CC[C@@H](CC#N)NC(=O)Nc1ccc(-n2cccn2)cc1. The fourth-order valence-electron chi connectivity index (χ4n) is 1.88. The molecule has 0 unspecified atom stereocenters. The van der Waals surface area contributed by atoms with Crippen LogP contribution < -0.4 is 10.6 Å². The number of nitriles is 1. The van der Waals surface area contributed by atoms with Crippen LogP contribution in [0.5, 0.6) is 0 Å². The number of carbonyl (C=O) groups is 1. The molecule has 0 saturated heterocycles. The van der Waals surface area contributed by atoms with Gasteiger partial charge in [-0.15, -0.1) is 0 Å². The Hall–Kier alpha value is -2.81. The molecule has 2 N–H and O–H groups in total. The molecule has 0 saturated carbocycles. The van der Waals surface area contributed by atoms with Gasteiger partial charge in [-0.2, -0.15) is 10.4 Å². The molecule has 6 nitrogen and oxygen atoms in total. The minimum atomic E-state index is -0.302. The monoisotopic (exact) mass is 283 g/mol. The van der Waals surface area contributed by atoms with Crippen LogP contribution in [0.15, 0.2) is 42.7 Å². The van der Waals surface area contributed by atoms with Gasteiger partial charge in [-0.3, -0.25) is 0 Å². The Morgan fingerprint density at radius 3 is 2.76 bits per heavy atom. The van der Waals surface area contributed by atoms with Crippen molar-refractivity contribution in [3.63, 3.8) is 0 Å². The minimum Gasteiger partial charge on any atom is -0.334 e. The molecule has 1 aromatic heterocycles. The number of rotatable bonds is 5. The van der Waals surface area contributed by atoms with Crippen LogP contribution in [0.4, 0.5) is 10.5 Å². The molecule has 6 heteroatoms. The van der Waals surface area contributed by atoms with E-state index in [4.69, 9.17) is 5.26 Å². The van der Waals surface area contributed by atoms with E-state index >= 15 is 0 Å². The van der Waals surface area contributed by atoms with E-state index in [9.17, 15) is 4.79 Å². The fourth-order valence-corrected chi connectivity index (χ4v) is 1.88. The van der Waals surface area contributed by atoms with Crippen LogP contribution in [0, 0.1) is 11.3 Å². The van der Waals surface area contributed by atoms with E-state index in [0.717, 1.165) is 12.1 Å². The molecule has 1 atom stereocenters. The van der Waals surface area contributed by atoms with Crippen molar-refractivity contribution in [3.8, 4) is 11.8 Å². The Bertz CT molecular complexity index is 613. The van der Waals surface area contributed by atoms with E-state index in [1.54, 1.807) is 10.9 Å². The van der Waals surface area contributed by atoms with Gasteiger partial charge in [0.2, 0.25) is 0 Å². The maximum Gasteiger partial charge on any atom is 0.319 e. The molecule has 1 aromatic carbocycles. The Kier molecular flexibility index (Phi) is 4.94. The highest BCUT2D eigenvalue weighted by Gasteiger charge is 2.09. The van der Waals surface area contributed by atoms with Crippen LogP contribution in [-0.2, 0) is 0 Å². The van der Waals surface area contributed by atoms with Crippen LogP contribution in [0.1, 0.15) is 19.8 Å². The van der Waals surface area contributed by atoms with Crippen LogP contribution >= 0.6 is 0 Å². The summed E-state index contributed by atoms with van der Waals surface area (Å²) in [5.74, 6) is 0. The Morgan fingerprint density at radius 2 is 2.19 bits per heavy atom. The third kappa shape index (κ3) is 4.08. The topological polar surface area (TPSA) is 82.7 Å². The normalized spacial score (nSPS) is 11.4. The highest BCUT2D eigenvalue weighted by molar-refractivity contribution is 5.89. The number of benzene rings is 1. The standard InChI is InChI=1S/C15H17N5O/c1-2-12(8-9-16)18-15(21)19-13-4-6-14(7-5-13)20-11-3-10-17-20/h3-7,10-12H,2,8H2,1H3,(H2,18,19,21)/t12-/m0/s1. The largest absolute Gasteiger partial charge is 0.334 e. The number of anilines is 1. The van der Waals surface area contributed by atoms with Gasteiger partial charge in [0.05, 0.1) is 18.2 Å². The Balaban J connectivity index is 1.94. The summed E-state index contributed by atoms with van der Waals surface area (Å²) < 4.78 is 1.74. The maximum atomic E-state index is 11.8. The number of nitrogens with one attached hydrogen (secondary N) is 2. The third-order valence-corrected chi connectivity index (χ3v) is 3.06. The lowest BCUT2D eigenvalue weighted by atomic mass is 10.2. The van der Waals surface area contributed by atoms with Crippen LogP contribution in [0.3, 0.4) is 0 Å². The molecule has 0 spiro atoms. The molecule has 1 heterocycles. The van der Waals surface area contributed by atoms with Crippen molar-refractivity contribution in [1.82, 2.24) is 15.1 Å². The molecule has 0 radical (unpaired) electrons. The summed E-state index contributed by atoms with van der Waals surface area (Å²) in [5, 5.41) is 18.3. The first-order chi connectivity index (χ1) is 10.2. The summed E-state index contributed by atoms with van der Waals surface area (Å²) in [6.45, 7) is 1.93. The second kappa shape index (κ2) is 7.10. The van der Waals surface area contributed by atoms with Gasteiger partial charge in [-0.1, -0.05) is 6.92 Å². The Labute approximate surface area is 123 Å². The van der Waals surface area contributed by atoms with Crippen LogP contribution in [-0.4, -0.2) is 21.9 Å². The molecule has 108 valence electrons. The summed E-state index contributed by atoms with van der Waals surface area (Å²) in [6.07, 6.45) is 4.59. The van der Waals surface area contributed by atoms with Gasteiger partial charge in [0, 0.05) is 24.1 Å². The summed E-state index contributed by atoms with van der Waals surface area (Å²) in [4.78, 5) is 11.8. The zero-order valence-corrected chi connectivity index (χ0v) is 11.8. The number of aromatic nitrogens is 2. The summed E-state index contributed by atoms with van der Waals surface area (Å²) in [7, 11) is 0. The van der Waals surface area contributed by atoms with Gasteiger partial charge in [0.25, 0.3) is 0 Å². The quantitative estimate of drug-likeness (QED) is 0.885. The van der Waals surface area contributed by atoms with E-state index in [0.29, 0.717) is 12.1 Å². The van der Waals surface area contributed by atoms with Gasteiger partial charge in [0.1, 0.15) is 0 Å². The van der Waals surface area contributed by atoms with Crippen LogP contribution in [0.25, 0.3) is 5.69 Å². The van der Waals surface area contributed by atoms with Crippen molar-refractivity contribution in [2.24, 2.45) is 0 Å². The predicted octanol–water partition coefficient (Wildman–Crippen LogP) is 2.69.